The Kier molecular flexibility index (Phi) is 8.03. The van der Waals surface area contributed by atoms with Crippen LogP contribution in [-0.4, -0.2) is 98.0 Å². The highest BCUT2D eigenvalue weighted by molar-refractivity contribution is 8.00. The second-order valence-corrected chi connectivity index (χ2v) is 11.8. The molecule has 3 fully saturated rings. The zero-order valence-corrected chi connectivity index (χ0v) is 21.9. The lowest BCUT2D eigenvalue weighted by Gasteiger charge is -2.64. The van der Waals surface area contributed by atoms with Crippen LogP contribution in [0.5, 0.6) is 0 Å². The molecule has 0 bridgehead atoms. The fourth-order valence-electron chi connectivity index (χ4n) is 5.43. The van der Waals surface area contributed by atoms with Crippen LogP contribution in [0.15, 0.2) is 0 Å². The molecule has 11 nitrogen and oxygen atoms in total. The molecule has 3 aliphatic heterocycles. The van der Waals surface area contributed by atoms with Gasteiger partial charge in [0, 0.05) is 24.3 Å². The normalized spacial score (nSPS) is 42.7. The van der Waals surface area contributed by atoms with Gasteiger partial charge in [-0.3, -0.25) is 9.59 Å². The summed E-state index contributed by atoms with van der Waals surface area (Å²) in [6.07, 6.45) is 1.29. The van der Waals surface area contributed by atoms with Gasteiger partial charge >= 0.3 is 12.0 Å². The Morgan fingerprint density at radius 3 is 2.51 bits per heavy atom. The van der Waals surface area contributed by atoms with Gasteiger partial charge in [0.1, 0.15) is 35.1 Å². The van der Waals surface area contributed by atoms with E-state index in [1.165, 1.54) is 27.7 Å². The molecular weight excluding hydrogens is 478 g/mol. The molecule has 0 aliphatic carbocycles. The molecule has 0 aromatic heterocycles. The minimum absolute atomic E-state index is 0.123. The number of hydrogen-bond donors (Lipinski definition) is 6. The van der Waals surface area contributed by atoms with Crippen LogP contribution < -0.4 is 16.0 Å². The molecule has 0 aromatic rings. The molecule has 12 heteroatoms. The number of esters is 1. The first-order valence-electron chi connectivity index (χ1n) is 12.0. The van der Waals surface area contributed by atoms with Crippen molar-refractivity contribution in [3.05, 3.63) is 0 Å². The first-order valence-corrected chi connectivity index (χ1v) is 13.1. The van der Waals surface area contributed by atoms with Gasteiger partial charge in [-0.25, -0.2) is 4.79 Å². The van der Waals surface area contributed by atoms with Crippen LogP contribution in [0.25, 0.3) is 0 Å². The third-order valence-electron chi connectivity index (χ3n) is 8.20. The van der Waals surface area contributed by atoms with Crippen molar-refractivity contribution in [3.8, 4) is 0 Å². The summed E-state index contributed by atoms with van der Waals surface area (Å²) in [6.45, 7) is 6.18. The van der Waals surface area contributed by atoms with Crippen molar-refractivity contribution in [2.45, 2.75) is 106 Å². The van der Waals surface area contributed by atoms with Crippen LogP contribution in [-0.2, 0) is 19.1 Å². The molecule has 0 radical (unpaired) electrons. The molecule has 3 heterocycles. The summed E-state index contributed by atoms with van der Waals surface area (Å²) in [5.41, 5.74) is -6.86. The quantitative estimate of drug-likeness (QED) is 0.138. The largest absolute Gasteiger partial charge is 0.463 e. The standard InChI is InChI=1S/C23H39N3O8S/c1-13(28)26-22(4)20(2,34-16(10-27)21(3,31)23(22,5)32)12-33-17(29)9-7-6-8-15-18-14(11-35-15)24-19(30)25-18/h14-16,18,27,31-32H,6-12H2,1-5H3,(H,26,28)(H2,24,25,30)/t14-,15?,16?,18-,20-,21+,22?,23+/m0/s1. The van der Waals surface area contributed by atoms with E-state index in [1.54, 1.807) is 6.92 Å². The minimum Gasteiger partial charge on any atom is -0.463 e. The van der Waals surface area contributed by atoms with E-state index in [2.05, 4.69) is 16.0 Å². The van der Waals surface area contributed by atoms with Crippen LogP contribution in [0.2, 0.25) is 0 Å². The van der Waals surface area contributed by atoms with Crippen LogP contribution in [0.3, 0.4) is 0 Å². The number of urea groups is 1. The van der Waals surface area contributed by atoms with Crippen molar-refractivity contribution < 1.29 is 39.2 Å². The number of carbonyl (C=O) groups excluding carboxylic acids is 3. The molecule has 0 saturated carbocycles. The van der Waals surface area contributed by atoms with Crippen molar-refractivity contribution in [3.63, 3.8) is 0 Å². The fourth-order valence-corrected chi connectivity index (χ4v) is 6.97. The van der Waals surface area contributed by atoms with Gasteiger partial charge in [0.25, 0.3) is 0 Å². The van der Waals surface area contributed by atoms with E-state index < -0.39 is 46.9 Å². The molecule has 0 aromatic carbocycles. The Labute approximate surface area is 210 Å². The molecular formula is C23H39N3O8S. The predicted octanol–water partition coefficient (Wildman–Crippen LogP) is -0.198. The molecule has 200 valence electrons. The summed E-state index contributed by atoms with van der Waals surface area (Å²) in [6, 6.07) is 0.165. The Morgan fingerprint density at radius 1 is 1.20 bits per heavy atom. The van der Waals surface area contributed by atoms with Crippen LogP contribution >= 0.6 is 11.8 Å². The highest BCUT2D eigenvalue weighted by Gasteiger charge is 2.71. The lowest BCUT2D eigenvalue weighted by atomic mass is 9.60. The van der Waals surface area contributed by atoms with E-state index in [0.29, 0.717) is 11.7 Å². The molecule has 35 heavy (non-hydrogen) atoms. The van der Waals surface area contributed by atoms with Crippen molar-refractivity contribution in [1.29, 1.82) is 0 Å². The second kappa shape index (κ2) is 10.0. The summed E-state index contributed by atoms with van der Waals surface area (Å²) >= 11 is 1.82. The highest BCUT2D eigenvalue weighted by atomic mass is 32.2. The zero-order valence-electron chi connectivity index (χ0n) is 21.1. The summed E-state index contributed by atoms with van der Waals surface area (Å²) in [7, 11) is 0. The molecule has 3 unspecified atom stereocenters. The molecule has 3 aliphatic rings. The van der Waals surface area contributed by atoms with Crippen molar-refractivity contribution in [1.82, 2.24) is 16.0 Å². The molecule has 3 saturated heterocycles. The molecule has 0 spiro atoms. The van der Waals surface area contributed by atoms with Gasteiger partial charge in [-0.1, -0.05) is 6.42 Å². The number of fused-ring (bicyclic) bond motifs is 1. The summed E-state index contributed by atoms with van der Waals surface area (Å²) in [4.78, 5) is 36.0. The van der Waals surface area contributed by atoms with Gasteiger partial charge in [0.15, 0.2) is 0 Å². The van der Waals surface area contributed by atoms with E-state index in [-0.39, 0.29) is 31.1 Å². The summed E-state index contributed by atoms with van der Waals surface area (Å²) in [5.74, 6) is -0.0362. The Hall–Kier alpha value is -1.60. The van der Waals surface area contributed by atoms with Crippen LogP contribution in [0, 0.1) is 0 Å². The van der Waals surface area contributed by atoms with Gasteiger partial charge in [-0.15, -0.1) is 0 Å². The third-order valence-corrected chi connectivity index (χ3v) is 9.71. The van der Waals surface area contributed by atoms with Gasteiger partial charge in [-0.05, 0) is 40.5 Å². The average molecular weight is 518 g/mol. The lowest BCUT2D eigenvalue weighted by Crippen LogP contribution is -2.86. The van der Waals surface area contributed by atoms with Crippen LogP contribution in [0.4, 0.5) is 4.79 Å². The second-order valence-electron chi connectivity index (χ2n) is 10.6. The average Bonchev–Trinajstić information content (AvgIpc) is 3.31. The van der Waals surface area contributed by atoms with E-state index in [9.17, 15) is 29.7 Å². The maximum Gasteiger partial charge on any atom is 0.315 e. The van der Waals surface area contributed by atoms with Gasteiger partial charge < -0.3 is 40.7 Å². The number of nitrogens with one attached hydrogen (secondary N) is 3. The SMILES string of the molecule is CC(=O)NC1(C)[C@](C)(O)[C@](C)(O)C(CO)O[C@@]1(C)COC(=O)CCCCC1SC[C@@H]2NC(=O)N[C@H]12. The molecule has 6 N–H and O–H groups in total. The molecule has 3 amide bonds. The Morgan fingerprint density at radius 2 is 1.89 bits per heavy atom. The van der Waals surface area contributed by atoms with Crippen molar-refractivity contribution in [2.24, 2.45) is 0 Å². The van der Waals surface area contributed by atoms with E-state index in [4.69, 9.17) is 9.47 Å². The van der Waals surface area contributed by atoms with Crippen molar-refractivity contribution in [2.75, 3.05) is 19.0 Å². The number of ether oxygens (including phenoxy) is 2. The number of aliphatic hydroxyl groups is 3. The Balaban J connectivity index is 1.57. The first kappa shape index (κ1) is 28.0. The number of rotatable bonds is 9. The molecule has 8 atom stereocenters. The summed E-state index contributed by atoms with van der Waals surface area (Å²) < 4.78 is 11.5. The third kappa shape index (κ3) is 5.00. The maximum atomic E-state index is 12.5. The number of hydrogen-bond acceptors (Lipinski definition) is 9. The maximum absolute atomic E-state index is 12.5. The smallest absolute Gasteiger partial charge is 0.315 e. The first-order chi connectivity index (χ1) is 16.2. The summed E-state index contributed by atoms with van der Waals surface area (Å²) in [5, 5.41) is 41.1. The number of carbonyl (C=O) groups is 3. The van der Waals surface area contributed by atoms with E-state index >= 15 is 0 Å². The zero-order chi connectivity index (χ0) is 26.2. The van der Waals surface area contributed by atoms with Crippen molar-refractivity contribution >= 4 is 29.7 Å². The van der Waals surface area contributed by atoms with Gasteiger partial charge in [0.05, 0.1) is 18.7 Å². The van der Waals surface area contributed by atoms with E-state index in [1.807, 2.05) is 11.8 Å². The monoisotopic (exact) mass is 517 g/mol. The number of amides is 3. The van der Waals surface area contributed by atoms with E-state index in [0.717, 1.165) is 18.6 Å². The van der Waals surface area contributed by atoms with Gasteiger partial charge in [0.2, 0.25) is 5.91 Å². The highest BCUT2D eigenvalue weighted by Crippen LogP contribution is 2.49. The number of unbranched alkanes of at least 4 members (excludes halogenated alkanes) is 1. The fraction of sp³-hybridized carbons (Fsp3) is 0.870. The van der Waals surface area contributed by atoms with Crippen LogP contribution in [0.1, 0.15) is 60.3 Å². The number of thioether (sulfide) groups is 1. The number of aliphatic hydroxyl groups excluding tert-OH is 1. The minimum atomic E-state index is -1.94. The predicted molar refractivity (Wildman–Crippen MR) is 129 cm³/mol. The van der Waals surface area contributed by atoms with Gasteiger partial charge in [-0.2, -0.15) is 11.8 Å². The Bertz CT molecular complexity index is 840. The topological polar surface area (TPSA) is 166 Å². The molecule has 3 rings (SSSR count). The lowest BCUT2D eigenvalue weighted by molar-refractivity contribution is -0.337.